The van der Waals surface area contributed by atoms with Crippen molar-refractivity contribution in [3.05, 3.63) is 28.0 Å². The van der Waals surface area contributed by atoms with Gasteiger partial charge < -0.3 is 10.4 Å². The zero-order valence-electron chi connectivity index (χ0n) is 8.54. The molecule has 0 spiro atoms. The third kappa shape index (κ3) is 2.50. The Labute approximate surface area is 107 Å². The van der Waals surface area contributed by atoms with E-state index in [0.29, 0.717) is 12.8 Å². The van der Waals surface area contributed by atoms with Crippen LogP contribution >= 0.6 is 23.2 Å². The van der Waals surface area contributed by atoms with Gasteiger partial charge in [-0.05, 0) is 25.0 Å². The monoisotopic (exact) mass is 274 g/mol. The number of carbonyl (C=O) groups is 2. The van der Waals surface area contributed by atoms with Crippen LogP contribution in [0, 0.1) is 0 Å². The number of carboxylic acids is 1. The molecule has 1 saturated carbocycles. The highest BCUT2D eigenvalue weighted by atomic mass is 35.5. The first-order chi connectivity index (χ1) is 7.93. The number of hydrogen-bond donors (Lipinski definition) is 2. The van der Waals surface area contributed by atoms with Crippen LogP contribution in [0.15, 0.2) is 12.1 Å². The summed E-state index contributed by atoms with van der Waals surface area (Å²) in [5, 5.41) is 11.6. The predicted octanol–water partition coefficient (Wildman–Crippen LogP) is 1.74. The molecule has 0 aromatic carbocycles. The Morgan fingerprint density at radius 3 is 2.24 bits per heavy atom. The van der Waals surface area contributed by atoms with E-state index in [-0.39, 0.29) is 15.9 Å². The van der Waals surface area contributed by atoms with Gasteiger partial charge in [0.15, 0.2) is 0 Å². The van der Waals surface area contributed by atoms with Gasteiger partial charge in [0.25, 0.3) is 5.91 Å². The molecule has 90 valence electrons. The van der Waals surface area contributed by atoms with Gasteiger partial charge in [0, 0.05) is 5.56 Å². The fourth-order valence-electron chi connectivity index (χ4n) is 1.40. The summed E-state index contributed by atoms with van der Waals surface area (Å²) in [5.41, 5.74) is -0.929. The number of rotatable bonds is 3. The van der Waals surface area contributed by atoms with Crippen LogP contribution < -0.4 is 5.32 Å². The number of carbonyl (C=O) groups excluding carboxylic acids is 1. The molecule has 0 atom stereocenters. The quantitative estimate of drug-likeness (QED) is 0.823. The van der Waals surface area contributed by atoms with Gasteiger partial charge in [0.1, 0.15) is 15.8 Å². The summed E-state index contributed by atoms with van der Waals surface area (Å²) >= 11 is 11.3. The van der Waals surface area contributed by atoms with Crippen molar-refractivity contribution in [2.75, 3.05) is 0 Å². The number of nitrogens with zero attached hydrogens (tertiary/aromatic N) is 1. The van der Waals surface area contributed by atoms with E-state index in [2.05, 4.69) is 10.3 Å². The fraction of sp³-hybridized carbons (Fsp3) is 0.300. The first-order valence-electron chi connectivity index (χ1n) is 4.82. The van der Waals surface area contributed by atoms with Gasteiger partial charge >= 0.3 is 5.97 Å². The topological polar surface area (TPSA) is 79.3 Å². The summed E-state index contributed by atoms with van der Waals surface area (Å²) in [6, 6.07) is 2.67. The lowest BCUT2D eigenvalue weighted by Crippen LogP contribution is -2.43. The third-order valence-corrected chi connectivity index (χ3v) is 2.92. The van der Waals surface area contributed by atoms with Crippen LogP contribution in [0.2, 0.25) is 10.3 Å². The number of pyridine rings is 1. The number of amides is 1. The number of aromatic nitrogens is 1. The lowest BCUT2D eigenvalue weighted by molar-refractivity contribution is -0.140. The molecule has 1 aliphatic carbocycles. The molecule has 0 saturated heterocycles. The maximum Gasteiger partial charge on any atom is 0.329 e. The Bertz CT molecular complexity index is 480. The minimum absolute atomic E-state index is 0.0859. The highest BCUT2D eigenvalue weighted by Crippen LogP contribution is 2.35. The number of carboxylic acid groups (broad SMARTS) is 1. The first-order valence-corrected chi connectivity index (χ1v) is 5.57. The van der Waals surface area contributed by atoms with E-state index in [9.17, 15) is 9.59 Å². The highest BCUT2D eigenvalue weighted by Gasteiger charge is 2.51. The molecule has 5 nitrogen and oxygen atoms in total. The molecular formula is C10H8Cl2N2O3. The van der Waals surface area contributed by atoms with Gasteiger partial charge in [-0.25, -0.2) is 9.78 Å². The first kappa shape index (κ1) is 12.1. The van der Waals surface area contributed by atoms with Gasteiger partial charge in [-0.1, -0.05) is 23.2 Å². The second kappa shape index (κ2) is 4.16. The van der Waals surface area contributed by atoms with E-state index in [1.807, 2.05) is 0 Å². The van der Waals surface area contributed by atoms with Crippen molar-refractivity contribution in [1.29, 1.82) is 0 Å². The summed E-state index contributed by atoms with van der Waals surface area (Å²) in [5.74, 6) is -1.55. The van der Waals surface area contributed by atoms with E-state index in [0.717, 1.165) is 0 Å². The lowest BCUT2D eigenvalue weighted by Gasteiger charge is -2.12. The number of hydrogen-bond acceptors (Lipinski definition) is 3. The van der Waals surface area contributed by atoms with Gasteiger partial charge in [-0.2, -0.15) is 0 Å². The summed E-state index contributed by atoms with van der Waals surface area (Å²) in [7, 11) is 0. The number of nitrogens with one attached hydrogen (secondary N) is 1. The van der Waals surface area contributed by atoms with Gasteiger partial charge in [-0.15, -0.1) is 0 Å². The molecule has 17 heavy (non-hydrogen) atoms. The Morgan fingerprint density at radius 2 is 1.82 bits per heavy atom. The zero-order valence-corrected chi connectivity index (χ0v) is 10.0. The van der Waals surface area contributed by atoms with Crippen LogP contribution in [0.25, 0.3) is 0 Å². The maximum atomic E-state index is 11.8. The minimum atomic E-state index is -1.13. The molecule has 0 radical (unpaired) electrons. The normalized spacial score (nSPS) is 16.4. The van der Waals surface area contributed by atoms with Crippen molar-refractivity contribution in [3.63, 3.8) is 0 Å². The van der Waals surface area contributed by atoms with Gasteiger partial charge in [0.2, 0.25) is 0 Å². The minimum Gasteiger partial charge on any atom is -0.480 e. The Hall–Kier alpha value is -1.33. The molecule has 1 aromatic rings. The average Bonchev–Trinajstić information content (AvgIpc) is 2.97. The van der Waals surface area contributed by atoms with Crippen molar-refractivity contribution in [2.45, 2.75) is 18.4 Å². The van der Waals surface area contributed by atoms with E-state index in [1.54, 1.807) is 0 Å². The van der Waals surface area contributed by atoms with Gasteiger partial charge in [0.05, 0.1) is 0 Å². The fourth-order valence-corrected chi connectivity index (χ4v) is 1.86. The maximum absolute atomic E-state index is 11.8. The van der Waals surface area contributed by atoms with Crippen molar-refractivity contribution < 1.29 is 14.7 Å². The number of halogens is 2. The smallest absolute Gasteiger partial charge is 0.329 e. The van der Waals surface area contributed by atoms with Crippen molar-refractivity contribution in [2.24, 2.45) is 0 Å². The second-order valence-corrected chi connectivity index (χ2v) is 4.62. The van der Waals surface area contributed by atoms with Crippen molar-refractivity contribution >= 4 is 35.1 Å². The average molecular weight is 275 g/mol. The van der Waals surface area contributed by atoms with Gasteiger partial charge in [-0.3, -0.25) is 4.79 Å². The SMILES string of the molecule is O=C(NC1(C(=O)O)CC1)c1cc(Cl)nc(Cl)c1. The van der Waals surface area contributed by atoms with Crippen LogP contribution in [0.3, 0.4) is 0 Å². The molecule has 0 aliphatic heterocycles. The summed E-state index contributed by atoms with van der Waals surface area (Å²) in [6.07, 6.45) is 0.862. The zero-order chi connectivity index (χ0) is 12.6. The molecule has 0 unspecified atom stereocenters. The Morgan fingerprint density at radius 1 is 1.29 bits per heavy atom. The Kier molecular flexibility index (Phi) is 2.97. The number of aliphatic carboxylic acids is 1. The predicted molar refractivity (Wildman–Crippen MR) is 61.3 cm³/mol. The summed E-state index contributed by atoms with van der Waals surface area (Å²) < 4.78 is 0. The van der Waals surface area contributed by atoms with Crippen LogP contribution in [0.5, 0.6) is 0 Å². The molecule has 1 aromatic heterocycles. The van der Waals surface area contributed by atoms with Crippen molar-refractivity contribution in [1.82, 2.24) is 10.3 Å². The van der Waals surface area contributed by atoms with E-state index in [4.69, 9.17) is 28.3 Å². The summed E-state index contributed by atoms with van der Waals surface area (Å²) in [6.45, 7) is 0. The van der Waals surface area contributed by atoms with E-state index >= 15 is 0 Å². The molecule has 1 aliphatic rings. The lowest BCUT2D eigenvalue weighted by atomic mass is 10.2. The van der Waals surface area contributed by atoms with E-state index in [1.165, 1.54) is 12.1 Å². The van der Waals surface area contributed by atoms with E-state index < -0.39 is 17.4 Å². The summed E-state index contributed by atoms with van der Waals surface area (Å²) in [4.78, 5) is 26.4. The molecule has 1 heterocycles. The Balaban J connectivity index is 2.18. The van der Waals surface area contributed by atoms with Crippen molar-refractivity contribution in [3.8, 4) is 0 Å². The van der Waals surface area contributed by atoms with Crippen LogP contribution in [0.1, 0.15) is 23.2 Å². The van der Waals surface area contributed by atoms with Crippen LogP contribution in [-0.4, -0.2) is 27.5 Å². The standard InChI is InChI=1S/C10H8Cl2N2O3/c11-6-3-5(4-7(12)13-6)8(15)14-10(1-2-10)9(16)17/h3-4H,1-2H2,(H,14,15)(H,16,17). The molecule has 2 N–H and O–H groups in total. The van der Waals surface area contributed by atoms with Crippen LogP contribution in [0.4, 0.5) is 0 Å². The molecule has 1 fully saturated rings. The third-order valence-electron chi connectivity index (χ3n) is 2.54. The second-order valence-electron chi connectivity index (χ2n) is 3.84. The molecule has 7 heteroatoms. The molecule has 1 amide bonds. The highest BCUT2D eigenvalue weighted by molar-refractivity contribution is 6.33. The molecule has 2 rings (SSSR count). The molecule has 0 bridgehead atoms. The van der Waals surface area contributed by atoms with Crippen LogP contribution in [-0.2, 0) is 4.79 Å². The largest absolute Gasteiger partial charge is 0.480 e. The molecular weight excluding hydrogens is 267 g/mol.